The molecule has 0 radical (unpaired) electrons. The van der Waals surface area contributed by atoms with Crippen LogP contribution in [0.1, 0.15) is 5.56 Å². The van der Waals surface area contributed by atoms with Gasteiger partial charge in [-0.05, 0) is 62.2 Å². The molecule has 0 aliphatic rings. The van der Waals surface area contributed by atoms with Gasteiger partial charge in [0.15, 0.2) is 0 Å². The van der Waals surface area contributed by atoms with Gasteiger partial charge in [-0.2, -0.15) is 5.26 Å². The van der Waals surface area contributed by atoms with Gasteiger partial charge in [0.2, 0.25) is 0 Å². The van der Waals surface area contributed by atoms with Crippen LogP contribution in [0.25, 0.3) is 0 Å². The van der Waals surface area contributed by atoms with Crippen LogP contribution >= 0.6 is 43.5 Å². The first-order valence-electron chi connectivity index (χ1n) is 5.02. The first-order valence-corrected chi connectivity index (χ1v) is 6.99. The van der Waals surface area contributed by atoms with Crippen LogP contribution in [0.15, 0.2) is 45.3 Å². The molecule has 0 aromatic heterocycles. The molecule has 0 unspecified atom stereocenters. The van der Waals surface area contributed by atoms with Gasteiger partial charge in [-0.25, -0.2) is 0 Å². The second kappa shape index (κ2) is 5.75. The fourth-order valence-corrected chi connectivity index (χ4v) is 2.84. The van der Waals surface area contributed by atoms with Gasteiger partial charge in [-0.3, -0.25) is 0 Å². The lowest BCUT2D eigenvalue weighted by atomic mass is 10.2. The van der Waals surface area contributed by atoms with Crippen molar-refractivity contribution in [1.82, 2.24) is 0 Å². The van der Waals surface area contributed by atoms with Gasteiger partial charge >= 0.3 is 0 Å². The zero-order valence-electron chi connectivity index (χ0n) is 9.05. The summed E-state index contributed by atoms with van der Waals surface area (Å²) in [5, 5.41) is 12.8. The summed E-state index contributed by atoms with van der Waals surface area (Å²) in [7, 11) is 0. The van der Waals surface area contributed by atoms with Crippen molar-refractivity contribution in [2.75, 3.05) is 5.32 Å². The third kappa shape index (κ3) is 2.86. The lowest BCUT2D eigenvalue weighted by molar-refractivity contribution is 1.44. The molecule has 0 saturated carbocycles. The number of halogens is 3. The second-order valence-corrected chi connectivity index (χ2v) is 5.67. The van der Waals surface area contributed by atoms with E-state index in [1.807, 2.05) is 18.2 Å². The van der Waals surface area contributed by atoms with Crippen LogP contribution in [0.2, 0.25) is 5.02 Å². The number of rotatable bonds is 2. The van der Waals surface area contributed by atoms with Crippen molar-refractivity contribution in [3.8, 4) is 6.07 Å². The van der Waals surface area contributed by atoms with Crippen molar-refractivity contribution in [1.29, 1.82) is 5.26 Å². The van der Waals surface area contributed by atoms with Crippen LogP contribution in [0, 0.1) is 11.3 Å². The summed E-state index contributed by atoms with van der Waals surface area (Å²) in [6.45, 7) is 0. The Morgan fingerprint density at radius 3 is 2.39 bits per heavy atom. The molecule has 0 fully saturated rings. The molecule has 2 rings (SSSR count). The molecule has 2 nitrogen and oxygen atoms in total. The lowest BCUT2D eigenvalue weighted by Crippen LogP contribution is -1.95. The highest BCUT2D eigenvalue weighted by Crippen LogP contribution is 2.34. The van der Waals surface area contributed by atoms with E-state index in [0.29, 0.717) is 10.6 Å². The Morgan fingerprint density at radius 2 is 1.78 bits per heavy atom. The number of benzene rings is 2. The molecular weight excluding hydrogens is 379 g/mol. The molecule has 0 aliphatic carbocycles. The maximum atomic E-state index is 9.09. The fourth-order valence-electron chi connectivity index (χ4n) is 1.47. The largest absolute Gasteiger partial charge is 0.353 e. The minimum absolute atomic E-state index is 0.505. The maximum absolute atomic E-state index is 9.09. The Balaban J connectivity index is 2.44. The Hall–Kier alpha value is -1.02. The van der Waals surface area contributed by atoms with E-state index in [1.54, 1.807) is 18.2 Å². The van der Waals surface area contributed by atoms with Gasteiger partial charge < -0.3 is 5.32 Å². The zero-order valence-corrected chi connectivity index (χ0v) is 13.0. The van der Waals surface area contributed by atoms with Crippen molar-refractivity contribution < 1.29 is 0 Å². The number of nitrogens with zero attached hydrogens (tertiary/aromatic N) is 1. The van der Waals surface area contributed by atoms with Crippen molar-refractivity contribution in [2.45, 2.75) is 0 Å². The zero-order chi connectivity index (χ0) is 13.1. The topological polar surface area (TPSA) is 35.8 Å². The predicted octanol–water partition coefficient (Wildman–Crippen LogP) is 5.48. The van der Waals surface area contributed by atoms with Crippen molar-refractivity contribution in [3.63, 3.8) is 0 Å². The van der Waals surface area contributed by atoms with Gasteiger partial charge in [0.25, 0.3) is 0 Å². The van der Waals surface area contributed by atoms with Crippen LogP contribution in [0.3, 0.4) is 0 Å². The molecule has 0 amide bonds. The van der Waals surface area contributed by atoms with Gasteiger partial charge in [0, 0.05) is 14.0 Å². The van der Waals surface area contributed by atoms with Crippen LogP contribution in [-0.2, 0) is 0 Å². The molecule has 2 aromatic rings. The average Bonchev–Trinajstić information content (AvgIpc) is 2.35. The highest BCUT2D eigenvalue weighted by atomic mass is 79.9. The van der Waals surface area contributed by atoms with Crippen molar-refractivity contribution in [3.05, 3.63) is 55.9 Å². The maximum Gasteiger partial charge on any atom is 0.101 e. The van der Waals surface area contributed by atoms with Crippen LogP contribution in [-0.4, -0.2) is 0 Å². The monoisotopic (exact) mass is 384 g/mol. The Labute approximate surface area is 127 Å². The number of para-hydroxylation sites is 1. The smallest absolute Gasteiger partial charge is 0.101 e. The normalized spacial score (nSPS) is 9.89. The Morgan fingerprint density at radius 1 is 1.11 bits per heavy atom. The standard InChI is InChI=1S/C13H7Br2ClN2/c14-10-2-1-3-11(15)13(10)18-12-5-4-9(16)6-8(12)7-17/h1-6,18H. The quantitative estimate of drug-likeness (QED) is 0.742. The number of anilines is 2. The average molecular weight is 386 g/mol. The summed E-state index contributed by atoms with van der Waals surface area (Å²) in [6.07, 6.45) is 0. The van der Waals surface area contributed by atoms with Gasteiger partial charge in [-0.1, -0.05) is 17.7 Å². The number of nitrogens with one attached hydrogen (secondary N) is 1. The molecule has 1 N–H and O–H groups in total. The minimum atomic E-state index is 0.505. The third-order valence-corrected chi connectivity index (χ3v) is 3.88. The van der Waals surface area contributed by atoms with E-state index >= 15 is 0 Å². The molecule has 5 heteroatoms. The molecule has 90 valence electrons. The highest BCUT2D eigenvalue weighted by molar-refractivity contribution is 9.11. The van der Waals surface area contributed by atoms with Crippen LogP contribution < -0.4 is 5.32 Å². The molecule has 18 heavy (non-hydrogen) atoms. The SMILES string of the molecule is N#Cc1cc(Cl)ccc1Nc1c(Br)cccc1Br. The van der Waals surface area contributed by atoms with E-state index in [2.05, 4.69) is 43.2 Å². The molecule has 0 saturated heterocycles. The van der Waals surface area contributed by atoms with Crippen molar-refractivity contribution in [2.24, 2.45) is 0 Å². The molecule has 0 spiro atoms. The van der Waals surface area contributed by atoms with Crippen molar-refractivity contribution >= 4 is 54.8 Å². The summed E-state index contributed by atoms with van der Waals surface area (Å²) < 4.78 is 1.83. The van der Waals surface area contributed by atoms with E-state index in [1.165, 1.54) is 0 Å². The second-order valence-electron chi connectivity index (χ2n) is 3.52. The Kier molecular flexibility index (Phi) is 4.28. The lowest BCUT2D eigenvalue weighted by Gasteiger charge is -2.12. The third-order valence-electron chi connectivity index (χ3n) is 2.32. The van der Waals surface area contributed by atoms with Gasteiger partial charge in [0.1, 0.15) is 6.07 Å². The minimum Gasteiger partial charge on any atom is -0.353 e. The molecule has 0 atom stereocenters. The van der Waals surface area contributed by atoms with E-state index in [-0.39, 0.29) is 0 Å². The van der Waals surface area contributed by atoms with E-state index in [0.717, 1.165) is 20.3 Å². The highest BCUT2D eigenvalue weighted by Gasteiger charge is 2.08. The van der Waals surface area contributed by atoms with Gasteiger partial charge in [-0.15, -0.1) is 0 Å². The predicted molar refractivity (Wildman–Crippen MR) is 81.3 cm³/mol. The summed E-state index contributed by atoms with van der Waals surface area (Å²) in [6, 6.07) is 13.1. The number of nitriles is 1. The molecule has 0 bridgehead atoms. The fraction of sp³-hybridized carbons (Fsp3) is 0. The molecule has 2 aromatic carbocycles. The van der Waals surface area contributed by atoms with E-state index < -0.39 is 0 Å². The van der Waals surface area contributed by atoms with E-state index in [9.17, 15) is 0 Å². The van der Waals surface area contributed by atoms with Crippen LogP contribution in [0.5, 0.6) is 0 Å². The molecule has 0 heterocycles. The summed E-state index contributed by atoms with van der Waals surface area (Å²) in [4.78, 5) is 0. The first-order chi connectivity index (χ1) is 8.61. The summed E-state index contributed by atoms with van der Waals surface area (Å²) in [5.74, 6) is 0. The number of hydrogen-bond donors (Lipinski definition) is 1. The first kappa shape index (κ1) is 13.4. The van der Waals surface area contributed by atoms with E-state index in [4.69, 9.17) is 16.9 Å². The molecular formula is C13H7Br2ClN2. The van der Waals surface area contributed by atoms with Gasteiger partial charge in [0.05, 0.1) is 16.9 Å². The number of hydrogen-bond acceptors (Lipinski definition) is 2. The Bertz CT molecular complexity index is 615. The van der Waals surface area contributed by atoms with Crippen LogP contribution in [0.4, 0.5) is 11.4 Å². The summed E-state index contributed by atoms with van der Waals surface area (Å²) in [5.41, 5.74) is 2.09. The molecule has 0 aliphatic heterocycles. The summed E-state index contributed by atoms with van der Waals surface area (Å²) >= 11 is 12.8.